The van der Waals surface area contributed by atoms with Crippen molar-refractivity contribution in [3.63, 3.8) is 0 Å². The number of hydrogen-bond donors (Lipinski definition) is 0. The normalized spacial score (nSPS) is 18.2. The van der Waals surface area contributed by atoms with Gasteiger partial charge in [-0.25, -0.2) is 0 Å². The Bertz CT molecular complexity index is 997. The molecule has 1 saturated heterocycles. The van der Waals surface area contributed by atoms with Crippen LogP contribution in [0.15, 0.2) is 48.5 Å². The summed E-state index contributed by atoms with van der Waals surface area (Å²) in [5.41, 5.74) is 2.60. The maximum atomic E-state index is 12.5. The number of para-hydroxylation sites is 1. The lowest BCUT2D eigenvalue weighted by atomic mass is 10.1. The van der Waals surface area contributed by atoms with Crippen LogP contribution in [0.5, 0.6) is 0 Å². The van der Waals surface area contributed by atoms with Gasteiger partial charge in [-0.2, -0.15) is 0 Å². The second-order valence-electron chi connectivity index (χ2n) is 7.36. The first-order valence-electron chi connectivity index (χ1n) is 10.0. The quantitative estimate of drug-likeness (QED) is 0.544. The predicted molar refractivity (Wildman–Crippen MR) is 109 cm³/mol. The highest BCUT2D eigenvalue weighted by Crippen LogP contribution is 2.29. The lowest BCUT2D eigenvalue weighted by Gasteiger charge is -2.20. The molecular weight excluding hydrogens is 384 g/mol. The van der Waals surface area contributed by atoms with Gasteiger partial charge in [0, 0.05) is 18.7 Å². The van der Waals surface area contributed by atoms with Crippen molar-refractivity contribution >= 4 is 29.4 Å². The van der Waals surface area contributed by atoms with E-state index in [1.165, 1.54) is 0 Å². The van der Waals surface area contributed by atoms with E-state index in [0.717, 1.165) is 22.6 Å². The highest BCUT2D eigenvalue weighted by Gasteiger charge is 2.38. The van der Waals surface area contributed by atoms with Gasteiger partial charge >= 0.3 is 5.97 Å². The molecule has 1 atom stereocenters. The van der Waals surface area contributed by atoms with Crippen molar-refractivity contribution in [2.24, 2.45) is 5.92 Å². The second-order valence-corrected chi connectivity index (χ2v) is 7.36. The van der Waals surface area contributed by atoms with Crippen molar-refractivity contribution in [3.05, 3.63) is 65.2 Å². The molecule has 0 bridgehead atoms. The first kappa shape index (κ1) is 19.8. The lowest BCUT2D eigenvalue weighted by Crippen LogP contribution is -2.34. The van der Waals surface area contributed by atoms with E-state index in [4.69, 9.17) is 4.74 Å². The number of aryl methyl sites for hydroxylation is 1. The number of rotatable bonds is 6. The zero-order valence-electron chi connectivity index (χ0n) is 16.7. The molecule has 3 amide bonds. The average molecular weight is 406 g/mol. The maximum absolute atomic E-state index is 12.5. The van der Waals surface area contributed by atoms with Crippen LogP contribution in [-0.4, -0.2) is 48.3 Å². The number of carbonyl (C=O) groups excluding carboxylic acids is 4. The van der Waals surface area contributed by atoms with Gasteiger partial charge in [-0.05, 0) is 30.2 Å². The average Bonchev–Trinajstić information content (AvgIpc) is 3.27. The number of benzene rings is 2. The van der Waals surface area contributed by atoms with Gasteiger partial charge in [0.1, 0.15) is 6.61 Å². The summed E-state index contributed by atoms with van der Waals surface area (Å²) in [5, 5.41) is 0. The third-order valence-corrected chi connectivity index (χ3v) is 5.56. The molecule has 7 nitrogen and oxygen atoms in total. The molecule has 0 saturated carbocycles. The number of anilines is 1. The zero-order valence-corrected chi connectivity index (χ0v) is 16.7. The smallest absolute Gasteiger partial charge is 0.311 e. The van der Waals surface area contributed by atoms with E-state index in [9.17, 15) is 19.2 Å². The summed E-state index contributed by atoms with van der Waals surface area (Å²) in [7, 11) is 0. The van der Waals surface area contributed by atoms with E-state index < -0.39 is 11.9 Å². The molecule has 2 heterocycles. The largest absolute Gasteiger partial charge is 0.464 e. The third kappa shape index (κ3) is 3.47. The molecule has 1 fully saturated rings. The van der Waals surface area contributed by atoms with Gasteiger partial charge < -0.3 is 9.64 Å². The fourth-order valence-corrected chi connectivity index (χ4v) is 3.97. The van der Waals surface area contributed by atoms with Crippen molar-refractivity contribution in [1.82, 2.24) is 4.90 Å². The fourth-order valence-electron chi connectivity index (χ4n) is 3.97. The molecule has 7 heteroatoms. The van der Waals surface area contributed by atoms with Crippen LogP contribution in [-0.2, 0) is 20.7 Å². The fraction of sp³-hybridized carbons (Fsp3) is 0.304. The van der Waals surface area contributed by atoms with Gasteiger partial charge in [0.15, 0.2) is 0 Å². The molecule has 0 N–H and O–H groups in total. The Balaban J connectivity index is 1.34. The number of imide groups is 1. The maximum Gasteiger partial charge on any atom is 0.311 e. The predicted octanol–water partition coefficient (Wildman–Crippen LogP) is 2.44. The Labute approximate surface area is 174 Å². The van der Waals surface area contributed by atoms with Gasteiger partial charge in [-0.3, -0.25) is 24.1 Å². The monoisotopic (exact) mass is 406 g/mol. The minimum absolute atomic E-state index is 0.0128. The summed E-state index contributed by atoms with van der Waals surface area (Å²) in [6.07, 6.45) is 0.874. The summed E-state index contributed by atoms with van der Waals surface area (Å²) in [6.45, 7) is 2.17. The van der Waals surface area contributed by atoms with Gasteiger partial charge in [0.05, 0.1) is 23.6 Å². The van der Waals surface area contributed by atoms with E-state index >= 15 is 0 Å². The molecule has 2 aromatic carbocycles. The van der Waals surface area contributed by atoms with Gasteiger partial charge in [0.25, 0.3) is 11.8 Å². The number of amides is 3. The van der Waals surface area contributed by atoms with Crippen LogP contribution in [0.25, 0.3) is 0 Å². The summed E-state index contributed by atoms with van der Waals surface area (Å²) in [5.74, 6) is -1.94. The highest BCUT2D eigenvalue weighted by atomic mass is 16.5. The second kappa shape index (κ2) is 8.10. The van der Waals surface area contributed by atoms with Crippen LogP contribution < -0.4 is 4.90 Å². The Morgan fingerprint density at radius 1 is 1.00 bits per heavy atom. The number of ether oxygens (including phenoxy) is 1. The SMILES string of the molecule is CCc1ccccc1N1C[C@@H](C(=O)OCCN2C(=O)c3ccccc3C2=O)CC1=O. The molecule has 0 spiro atoms. The lowest BCUT2D eigenvalue weighted by molar-refractivity contribution is -0.148. The molecule has 30 heavy (non-hydrogen) atoms. The van der Waals surface area contributed by atoms with Crippen LogP contribution >= 0.6 is 0 Å². The summed E-state index contributed by atoms with van der Waals surface area (Å²) < 4.78 is 5.31. The van der Waals surface area contributed by atoms with Crippen molar-refractivity contribution in [2.45, 2.75) is 19.8 Å². The zero-order chi connectivity index (χ0) is 21.3. The molecular formula is C23H22N2O5. The van der Waals surface area contributed by atoms with Gasteiger partial charge in [-0.15, -0.1) is 0 Å². The van der Waals surface area contributed by atoms with E-state index in [1.54, 1.807) is 29.2 Å². The van der Waals surface area contributed by atoms with E-state index in [0.29, 0.717) is 11.1 Å². The molecule has 0 aromatic heterocycles. The molecule has 2 aliphatic rings. The van der Waals surface area contributed by atoms with E-state index in [2.05, 4.69) is 0 Å². The number of esters is 1. The van der Waals surface area contributed by atoms with E-state index in [-0.39, 0.29) is 43.8 Å². The minimum atomic E-state index is -0.565. The van der Waals surface area contributed by atoms with Crippen LogP contribution in [0.4, 0.5) is 5.69 Å². The number of hydrogen-bond acceptors (Lipinski definition) is 5. The molecule has 2 aliphatic heterocycles. The van der Waals surface area contributed by atoms with Gasteiger partial charge in [-0.1, -0.05) is 37.3 Å². The molecule has 2 aromatic rings. The number of fused-ring (bicyclic) bond motifs is 1. The summed E-state index contributed by atoms with van der Waals surface area (Å²) >= 11 is 0. The molecule has 154 valence electrons. The Hall–Kier alpha value is -3.48. The Kier molecular flexibility index (Phi) is 5.35. The molecule has 0 radical (unpaired) electrons. The van der Waals surface area contributed by atoms with Crippen molar-refractivity contribution in [2.75, 3.05) is 24.6 Å². The number of carbonyl (C=O) groups is 4. The topological polar surface area (TPSA) is 84.0 Å². The molecule has 0 aliphatic carbocycles. The first-order chi connectivity index (χ1) is 14.5. The standard InChI is InChI=1S/C23H22N2O5/c1-2-15-7-3-6-10-19(15)25-14-16(13-20(25)26)23(29)30-12-11-24-21(27)17-8-4-5-9-18(17)22(24)28/h3-10,16H,2,11-14H2,1H3/t16-/m0/s1. The van der Waals surface area contributed by atoms with Crippen molar-refractivity contribution < 1.29 is 23.9 Å². The Morgan fingerprint density at radius 3 is 2.30 bits per heavy atom. The number of nitrogens with zero attached hydrogens (tertiary/aromatic N) is 2. The molecule has 4 rings (SSSR count). The highest BCUT2D eigenvalue weighted by molar-refractivity contribution is 6.21. The summed E-state index contributed by atoms with van der Waals surface area (Å²) in [6, 6.07) is 14.3. The van der Waals surface area contributed by atoms with E-state index in [1.807, 2.05) is 31.2 Å². The summed E-state index contributed by atoms with van der Waals surface area (Å²) in [4.78, 5) is 52.4. The first-order valence-corrected chi connectivity index (χ1v) is 10.0. The molecule has 0 unspecified atom stereocenters. The van der Waals surface area contributed by atoms with Crippen molar-refractivity contribution in [1.29, 1.82) is 0 Å². The third-order valence-electron chi connectivity index (χ3n) is 5.56. The van der Waals surface area contributed by atoms with Crippen LogP contribution in [0.1, 0.15) is 39.6 Å². The van der Waals surface area contributed by atoms with Crippen LogP contribution in [0.3, 0.4) is 0 Å². The van der Waals surface area contributed by atoms with Crippen LogP contribution in [0, 0.1) is 5.92 Å². The van der Waals surface area contributed by atoms with Crippen LogP contribution in [0.2, 0.25) is 0 Å². The minimum Gasteiger partial charge on any atom is -0.464 e. The van der Waals surface area contributed by atoms with Crippen molar-refractivity contribution in [3.8, 4) is 0 Å². The van der Waals surface area contributed by atoms with Gasteiger partial charge in [0.2, 0.25) is 5.91 Å². The Morgan fingerprint density at radius 2 is 1.63 bits per heavy atom.